The summed E-state index contributed by atoms with van der Waals surface area (Å²) < 4.78 is 5.38. The van der Waals surface area contributed by atoms with Crippen molar-refractivity contribution in [3.8, 4) is 11.1 Å². The van der Waals surface area contributed by atoms with Gasteiger partial charge in [0.2, 0.25) is 0 Å². The number of carbonyl (C=O) groups excluding carboxylic acids is 2. The standard InChI is InChI=1S/C28H22N2O4S/c1-34-16-20-5-2-3-7-23(20)25-24(26(31)19-6-4-13-29-15-19)27(32)28(33)30(25)22-10-8-18(9-11-22)21-12-14-35-17-21/h2-15,17,25,31H,16H2,1H3. The van der Waals surface area contributed by atoms with Gasteiger partial charge in [0.25, 0.3) is 11.7 Å². The number of ether oxygens (including phenoxy) is 1. The third-order valence-electron chi connectivity index (χ3n) is 6.03. The van der Waals surface area contributed by atoms with Crippen molar-refractivity contribution in [1.29, 1.82) is 0 Å². The molecule has 1 fully saturated rings. The lowest BCUT2D eigenvalue weighted by Gasteiger charge is -2.27. The molecule has 7 heteroatoms. The number of methoxy groups -OCH3 is 1. The first-order valence-electron chi connectivity index (χ1n) is 11.0. The van der Waals surface area contributed by atoms with Crippen LogP contribution in [-0.4, -0.2) is 28.9 Å². The van der Waals surface area contributed by atoms with E-state index < -0.39 is 17.7 Å². The topological polar surface area (TPSA) is 79.7 Å². The molecule has 2 aromatic heterocycles. The Hall–Kier alpha value is -4.07. The van der Waals surface area contributed by atoms with Crippen molar-refractivity contribution in [3.05, 3.63) is 112 Å². The average Bonchev–Trinajstić information content (AvgIpc) is 3.52. The van der Waals surface area contributed by atoms with Crippen LogP contribution in [0.4, 0.5) is 5.69 Å². The molecule has 174 valence electrons. The number of anilines is 1. The maximum Gasteiger partial charge on any atom is 0.300 e. The zero-order valence-corrected chi connectivity index (χ0v) is 19.7. The van der Waals surface area contributed by atoms with Gasteiger partial charge in [-0.2, -0.15) is 11.3 Å². The third-order valence-corrected chi connectivity index (χ3v) is 6.71. The van der Waals surface area contributed by atoms with Crippen LogP contribution in [0, 0.1) is 0 Å². The molecule has 1 unspecified atom stereocenters. The third kappa shape index (κ3) is 4.16. The molecule has 1 aliphatic heterocycles. The summed E-state index contributed by atoms with van der Waals surface area (Å²) in [4.78, 5) is 32.3. The van der Waals surface area contributed by atoms with Crippen LogP contribution in [0.5, 0.6) is 0 Å². The lowest BCUT2D eigenvalue weighted by molar-refractivity contribution is -0.132. The molecule has 0 bridgehead atoms. The van der Waals surface area contributed by atoms with Gasteiger partial charge in [0, 0.05) is 30.8 Å². The van der Waals surface area contributed by atoms with Crippen LogP contribution < -0.4 is 4.90 Å². The summed E-state index contributed by atoms with van der Waals surface area (Å²) in [5.74, 6) is -1.70. The first kappa shape index (κ1) is 22.7. The number of ketones is 1. The fraction of sp³-hybridized carbons (Fsp3) is 0.107. The van der Waals surface area contributed by atoms with Crippen molar-refractivity contribution < 1.29 is 19.4 Å². The highest BCUT2D eigenvalue weighted by Crippen LogP contribution is 2.43. The molecular formula is C28H22N2O4S. The van der Waals surface area contributed by atoms with Crippen LogP contribution in [-0.2, 0) is 20.9 Å². The molecule has 3 heterocycles. The largest absolute Gasteiger partial charge is 0.507 e. The van der Waals surface area contributed by atoms with Crippen LogP contribution >= 0.6 is 11.3 Å². The number of hydrogen-bond donors (Lipinski definition) is 1. The van der Waals surface area contributed by atoms with Gasteiger partial charge in [-0.1, -0.05) is 36.4 Å². The zero-order valence-electron chi connectivity index (χ0n) is 18.9. The quantitative estimate of drug-likeness (QED) is 0.220. The number of benzene rings is 2. The summed E-state index contributed by atoms with van der Waals surface area (Å²) >= 11 is 1.61. The summed E-state index contributed by atoms with van der Waals surface area (Å²) in [5.41, 5.74) is 4.58. The van der Waals surface area contributed by atoms with Crippen molar-refractivity contribution >= 4 is 34.5 Å². The van der Waals surface area contributed by atoms with Gasteiger partial charge in [0.05, 0.1) is 18.2 Å². The second-order valence-corrected chi connectivity index (χ2v) is 8.88. The number of pyridine rings is 1. The molecular weight excluding hydrogens is 460 g/mol. The predicted molar refractivity (Wildman–Crippen MR) is 136 cm³/mol. The number of carbonyl (C=O) groups is 2. The van der Waals surface area contributed by atoms with E-state index in [1.165, 1.54) is 11.1 Å². The number of nitrogens with zero attached hydrogens (tertiary/aromatic N) is 2. The number of Topliss-reactive ketones (excluding diaryl/α,β-unsaturated/α-hetero) is 1. The van der Waals surface area contributed by atoms with E-state index in [1.807, 2.05) is 60.0 Å². The second kappa shape index (κ2) is 9.66. The van der Waals surface area contributed by atoms with Crippen LogP contribution in [0.25, 0.3) is 16.9 Å². The number of rotatable bonds is 6. The average molecular weight is 483 g/mol. The van der Waals surface area contributed by atoms with Gasteiger partial charge in [-0.15, -0.1) is 0 Å². The summed E-state index contributed by atoms with van der Waals surface area (Å²) in [6, 6.07) is 19.5. The SMILES string of the molecule is COCc1ccccc1C1C(=C(O)c2cccnc2)C(=O)C(=O)N1c1ccc(-c2ccsc2)cc1. The summed E-state index contributed by atoms with van der Waals surface area (Å²) in [6.07, 6.45) is 3.05. The highest BCUT2D eigenvalue weighted by atomic mass is 32.1. The van der Waals surface area contributed by atoms with Crippen LogP contribution in [0.2, 0.25) is 0 Å². The van der Waals surface area contributed by atoms with Crippen molar-refractivity contribution in [2.45, 2.75) is 12.6 Å². The van der Waals surface area contributed by atoms with E-state index in [0.717, 1.165) is 16.7 Å². The lowest BCUT2D eigenvalue weighted by Crippen LogP contribution is -2.30. The van der Waals surface area contributed by atoms with Crippen molar-refractivity contribution in [3.63, 3.8) is 0 Å². The van der Waals surface area contributed by atoms with Gasteiger partial charge < -0.3 is 9.84 Å². The van der Waals surface area contributed by atoms with Gasteiger partial charge in [-0.25, -0.2) is 0 Å². The molecule has 0 radical (unpaired) electrons. The maximum absolute atomic E-state index is 13.4. The van der Waals surface area contributed by atoms with Crippen LogP contribution in [0.3, 0.4) is 0 Å². The Bertz CT molecular complexity index is 1400. The zero-order chi connectivity index (χ0) is 24.4. The predicted octanol–water partition coefficient (Wildman–Crippen LogP) is 5.58. The number of aliphatic hydroxyl groups excluding tert-OH is 1. The highest BCUT2D eigenvalue weighted by molar-refractivity contribution is 7.08. The molecule has 0 saturated carbocycles. The van der Waals surface area contributed by atoms with Crippen LogP contribution in [0.1, 0.15) is 22.7 Å². The van der Waals surface area contributed by atoms with E-state index >= 15 is 0 Å². The molecule has 1 atom stereocenters. The van der Waals surface area contributed by atoms with Gasteiger partial charge >= 0.3 is 0 Å². The Morgan fingerprint density at radius 2 is 1.83 bits per heavy atom. The van der Waals surface area contributed by atoms with Crippen molar-refractivity contribution in [1.82, 2.24) is 4.98 Å². The Balaban J connectivity index is 1.69. The molecule has 0 spiro atoms. The van der Waals surface area contributed by atoms with Crippen LogP contribution in [0.15, 0.2) is 95.5 Å². The minimum Gasteiger partial charge on any atom is -0.507 e. The fourth-order valence-corrected chi connectivity index (χ4v) is 5.05. The monoisotopic (exact) mass is 482 g/mol. The summed E-state index contributed by atoms with van der Waals surface area (Å²) in [5, 5.41) is 15.3. The Kier molecular flexibility index (Phi) is 6.27. The van der Waals surface area contributed by atoms with E-state index in [-0.39, 0.29) is 11.3 Å². The van der Waals surface area contributed by atoms with E-state index in [1.54, 1.807) is 36.8 Å². The molecule has 2 aromatic carbocycles. The number of hydrogen-bond acceptors (Lipinski definition) is 6. The smallest absolute Gasteiger partial charge is 0.300 e. The molecule has 1 N–H and O–H groups in total. The van der Waals surface area contributed by atoms with E-state index in [2.05, 4.69) is 10.4 Å². The van der Waals surface area contributed by atoms with Gasteiger partial charge in [-0.3, -0.25) is 19.5 Å². The van der Waals surface area contributed by atoms with E-state index in [0.29, 0.717) is 23.4 Å². The number of aliphatic hydroxyl groups is 1. The molecule has 6 nitrogen and oxygen atoms in total. The Labute approximate surface area is 206 Å². The first-order chi connectivity index (χ1) is 17.1. The molecule has 1 amide bonds. The molecule has 1 saturated heterocycles. The van der Waals surface area contributed by atoms with Gasteiger partial charge in [0.15, 0.2) is 0 Å². The highest BCUT2D eigenvalue weighted by Gasteiger charge is 2.47. The van der Waals surface area contributed by atoms with Crippen molar-refractivity contribution in [2.75, 3.05) is 12.0 Å². The van der Waals surface area contributed by atoms with Crippen molar-refractivity contribution in [2.24, 2.45) is 0 Å². The lowest BCUT2D eigenvalue weighted by atomic mass is 9.92. The number of aromatic nitrogens is 1. The van der Waals surface area contributed by atoms with E-state index in [9.17, 15) is 14.7 Å². The second-order valence-electron chi connectivity index (χ2n) is 8.10. The molecule has 4 aromatic rings. The summed E-state index contributed by atoms with van der Waals surface area (Å²) in [7, 11) is 1.59. The normalized spacial score (nSPS) is 17.2. The number of amides is 1. The number of thiophene rings is 1. The molecule has 5 rings (SSSR count). The molecule has 1 aliphatic rings. The maximum atomic E-state index is 13.4. The fourth-order valence-electron chi connectivity index (χ4n) is 4.38. The molecule has 0 aliphatic carbocycles. The van der Waals surface area contributed by atoms with Gasteiger partial charge in [-0.05, 0) is 63.3 Å². The summed E-state index contributed by atoms with van der Waals surface area (Å²) in [6.45, 7) is 0.293. The Morgan fingerprint density at radius 3 is 2.51 bits per heavy atom. The van der Waals surface area contributed by atoms with Gasteiger partial charge in [0.1, 0.15) is 5.76 Å². The minimum atomic E-state index is -0.825. The molecule has 35 heavy (non-hydrogen) atoms. The van der Waals surface area contributed by atoms with E-state index in [4.69, 9.17) is 4.74 Å². The minimum absolute atomic E-state index is 0.0217. The Morgan fingerprint density at radius 1 is 1.03 bits per heavy atom. The first-order valence-corrected chi connectivity index (χ1v) is 11.9.